The van der Waals surface area contributed by atoms with Crippen LogP contribution in [0.4, 0.5) is 4.79 Å². The van der Waals surface area contributed by atoms with Crippen LogP contribution >= 0.6 is 11.8 Å². The predicted octanol–water partition coefficient (Wildman–Crippen LogP) is 2.72. The fourth-order valence-electron chi connectivity index (χ4n) is 4.42. The summed E-state index contributed by atoms with van der Waals surface area (Å²) in [5, 5.41) is 2.96. The number of nitrogens with zero attached hydrogens (tertiary/aromatic N) is 2. The molecule has 3 amide bonds. The number of amides is 3. The van der Waals surface area contributed by atoms with Crippen LogP contribution in [-0.4, -0.2) is 65.7 Å². The highest BCUT2D eigenvalue weighted by molar-refractivity contribution is 7.99. The first-order valence-corrected chi connectivity index (χ1v) is 11.3. The first kappa shape index (κ1) is 19.6. The van der Waals surface area contributed by atoms with Gasteiger partial charge in [-0.15, -0.1) is 0 Å². The van der Waals surface area contributed by atoms with E-state index in [1.54, 1.807) is 18.9 Å². The van der Waals surface area contributed by atoms with Gasteiger partial charge >= 0.3 is 6.03 Å². The van der Waals surface area contributed by atoms with Crippen molar-refractivity contribution < 1.29 is 14.3 Å². The minimum Gasteiger partial charge on any atom is -0.497 e. The molecule has 0 aliphatic carbocycles. The number of rotatable bonds is 6. The summed E-state index contributed by atoms with van der Waals surface area (Å²) in [5.41, 5.74) is 0.723. The third kappa shape index (κ3) is 4.01. The van der Waals surface area contributed by atoms with Gasteiger partial charge in [-0.2, -0.15) is 11.8 Å². The van der Waals surface area contributed by atoms with E-state index in [0.29, 0.717) is 18.3 Å². The highest BCUT2D eigenvalue weighted by atomic mass is 32.2. The minimum absolute atomic E-state index is 0.0240. The van der Waals surface area contributed by atoms with E-state index >= 15 is 0 Å². The van der Waals surface area contributed by atoms with Crippen LogP contribution in [0.1, 0.15) is 31.2 Å². The standard InChI is InChI=1S/C21H29N3O3S/c1-27-18-6-4-16(5-7-18)2-3-17-8-11-23(12-9-17)15-24-19(25)21(22-20(24)26)10-13-28-14-21/h4-7,17H,2-3,8-15H2,1H3,(H,22,26)/t21-/m1/s1. The van der Waals surface area contributed by atoms with Crippen molar-refractivity contribution in [3.05, 3.63) is 29.8 Å². The van der Waals surface area contributed by atoms with E-state index < -0.39 is 5.54 Å². The van der Waals surface area contributed by atoms with E-state index in [1.165, 1.54) is 16.9 Å². The summed E-state index contributed by atoms with van der Waals surface area (Å²) in [6, 6.07) is 8.11. The molecule has 3 fully saturated rings. The Bertz CT molecular complexity index is 710. The van der Waals surface area contributed by atoms with Crippen molar-refractivity contribution in [2.45, 2.75) is 37.6 Å². The van der Waals surface area contributed by atoms with Gasteiger partial charge in [0, 0.05) is 18.8 Å². The lowest BCUT2D eigenvalue weighted by Gasteiger charge is -2.33. The molecule has 1 N–H and O–H groups in total. The second kappa shape index (κ2) is 8.33. The number of carbonyl (C=O) groups is 2. The minimum atomic E-state index is -0.627. The van der Waals surface area contributed by atoms with E-state index in [0.717, 1.165) is 50.3 Å². The molecule has 0 saturated carbocycles. The Kier molecular flexibility index (Phi) is 5.83. The Balaban J connectivity index is 1.23. The number of hydrogen-bond donors (Lipinski definition) is 1. The zero-order valence-corrected chi connectivity index (χ0v) is 17.3. The molecule has 0 aromatic heterocycles. The Morgan fingerprint density at radius 3 is 2.61 bits per heavy atom. The van der Waals surface area contributed by atoms with E-state index in [-0.39, 0.29) is 11.9 Å². The third-order valence-corrected chi connectivity index (χ3v) is 7.51. The quantitative estimate of drug-likeness (QED) is 0.740. The predicted molar refractivity (Wildman–Crippen MR) is 111 cm³/mol. The molecule has 0 radical (unpaired) electrons. The van der Waals surface area contributed by atoms with Crippen molar-refractivity contribution in [1.29, 1.82) is 0 Å². The van der Waals surface area contributed by atoms with Gasteiger partial charge in [0.15, 0.2) is 0 Å². The highest BCUT2D eigenvalue weighted by Gasteiger charge is 2.53. The largest absolute Gasteiger partial charge is 0.497 e. The second-order valence-corrected chi connectivity index (χ2v) is 9.24. The molecule has 1 aromatic carbocycles. The van der Waals surface area contributed by atoms with Gasteiger partial charge in [-0.3, -0.25) is 9.69 Å². The number of imide groups is 1. The first-order valence-electron chi connectivity index (χ1n) is 10.2. The third-order valence-electron chi connectivity index (χ3n) is 6.32. The van der Waals surface area contributed by atoms with Crippen LogP contribution in [0.2, 0.25) is 0 Å². The SMILES string of the molecule is COc1ccc(CCC2CCN(CN3C(=O)N[C@@]4(CCSC4)C3=O)CC2)cc1. The van der Waals surface area contributed by atoms with Crippen molar-refractivity contribution in [1.82, 2.24) is 15.1 Å². The molecule has 3 heterocycles. The molecule has 6 nitrogen and oxygen atoms in total. The average molecular weight is 404 g/mol. The van der Waals surface area contributed by atoms with Crippen LogP contribution in [0.25, 0.3) is 0 Å². The van der Waals surface area contributed by atoms with E-state index in [9.17, 15) is 9.59 Å². The number of piperidine rings is 1. The van der Waals surface area contributed by atoms with Gasteiger partial charge in [0.1, 0.15) is 11.3 Å². The number of benzene rings is 1. The first-order chi connectivity index (χ1) is 13.6. The molecular weight excluding hydrogens is 374 g/mol. The molecular formula is C21H29N3O3S. The summed E-state index contributed by atoms with van der Waals surface area (Å²) in [7, 11) is 1.69. The van der Waals surface area contributed by atoms with Crippen LogP contribution in [0, 0.1) is 5.92 Å². The number of aryl methyl sites for hydroxylation is 1. The molecule has 152 valence electrons. The lowest BCUT2D eigenvalue weighted by Crippen LogP contribution is -2.48. The number of ether oxygens (including phenoxy) is 1. The molecule has 0 unspecified atom stereocenters. The normalized spacial score (nSPS) is 26.2. The lowest BCUT2D eigenvalue weighted by atomic mass is 9.90. The van der Waals surface area contributed by atoms with Crippen LogP contribution in [0.5, 0.6) is 5.75 Å². The van der Waals surface area contributed by atoms with Crippen LogP contribution < -0.4 is 10.1 Å². The molecule has 3 aliphatic rings. The molecule has 3 aliphatic heterocycles. The van der Waals surface area contributed by atoms with E-state index in [2.05, 4.69) is 22.3 Å². The Hall–Kier alpha value is -1.73. The number of urea groups is 1. The number of likely N-dealkylation sites (tertiary alicyclic amines) is 1. The van der Waals surface area contributed by atoms with Gasteiger partial charge < -0.3 is 10.1 Å². The Morgan fingerprint density at radius 2 is 1.96 bits per heavy atom. The van der Waals surface area contributed by atoms with Gasteiger partial charge in [-0.05, 0) is 61.5 Å². The number of hydrogen-bond acceptors (Lipinski definition) is 5. The Morgan fingerprint density at radius 1 is 1.21 bits per heavy atom. The summed E-state index contributed by atoms with van der Waals surface area (Å²) in [5.74, 6) is 3.24. The number of thioether (sulfide) groups is 1. The van der Waals surface area contributed by atoms with Gasteiger partial charge in [0.25, 0.3) is 5.91 Å². The van der Waals surface area contributed by atoms with E-state index in [1.807, 2.05) is 12.1 Å². The average Bonchev–Trinajstić information content (AvgIpc) is 3.28. The topological polar surface area (TPSA) is 61.9 Å². The van der Waals surface area contributed by atoms with Crippen LogP contribution in [0.15, 0.2) is 24.3 Å². The smallest absolute Gasteiger partial charge is 0.326 e. The van der Waals surface area contributed by atoms with Crippen LogP contribution in [0.3, 0.4) is 0 Å². The second-order valence-electron chi connectivity index (χ2n) is 8.14. The monoisotopic (exact) mass is 403 g/mol. The summed E-state index contributed by atoms with van der Waals surface area (Å²) < 4.78 is 5.21. The Labute approximate surface area is 171 Å². The molecule has 1 atom stereocenters. The summed E-state index contributed by atoms with van der Waals surface area (Å²) in [6.07, 6.45) is 5.28. The molecule has 1 spiro atoms. The van der Waals surface area contributed by atoms with Gasteiger partial charge in [0.05, 0.1) is 13.8 Å². The maximum Gasteiger partial charge on any atom is 0.326 e. The van der Waals surface area contributed by atoms with Crippen molar-refractivity contribution in [3.63, 3.8) is 0 Å². The van der Waals surface area contributed by atoms with Crippen molar-refractivity contribution >= 4 is 23.7 Å². The highest BCUT2D eigenvalue weighted by Crippen LogP contribution is 2.33. The maximum absolute atomic E-state index is 12.8. The molecule has 28 heavy (non-hydrogen) atoms. The molecule has 4 rings (SSSR count). The van der Waals surface area contributed by atoms with Crippen molar-refractivity contribution in [2.24, 2.45) is 5.92 Å². The zero-order valence-electron chi connectivity index (χ0n) is 16.5. The van der Waals surface area contributed by atoms with Gasteiger partial charge in [-0.1, -0.05) is 12.1 Å². The van der Waals surface area contributed by atoms with Gasteiger partial charge in [-0.25, -0.2) is 9.69 Å². The number of carbonyl (C=O) groups excluding carboxylic acids is 2. The van der Waals surface area contributed by atoms with E-state index in [4.69, 9.17) is 4.74 Å². The fourth-order valence-corrected chi connectivity index (χ4v) is 5.74. The molecule has 3 saturated heterocycles. The maximum atomic E-state index is 12.8. The number of methoxy groups -OCH3 is 1. The van der Waals surface area contributed by atoms with Crippen LogP contribution in [-0.2, 0) is 11.2 Å². The summed E-state index contributed by atoms with van der Waals surface area (Å²) in [4.78, 5) is 28.8. The zero-order chi connectivity index (χ0) is 19.6. The van der Waals surface area contributed by atoms with Gasteiger partial charge in [0.2, 0.25) is 0 Å². The van der Waals surface area contributed by atoms with Crippen molar-refractivity contribution in [2.75, 3.05) is 38.4 Å². The van der Waals surface area contributed by atoms with Crippen molar-refractivity contribution in [3.8, 4) is 5.75 Å². The molecule has 7 heteroatoms. The fraction of sp³-hybridized carbons (Fsp3) is 0.619. The lowest BCUT2D eigenvalue weighted by molar-refractivity contribution is -0.132. The number of nitrogens with one attached hydrogen (secondary N) is 1. The molecule has 0 bridgehead atoms. The summed E-state index contributed by atoms with van der Waals surface area (Å²) in [6.45, 7) is 2.33. The molecule has 1 aromatic rings. The summed E-state index contributed by atoms with van der Waals surface area (Å²) >= 11 is 1.75.